The van der Waals surface area contributed by atoms with Crippen LogP contribution < -0.4 is 10.6 Å². The third-order valence-electron chi connectivity index (χ3n) is 3.58. The maximum atomic E-state index is 10.5. The molecule has 0 amide bonds. The van der Waals surface area contributed by atoms with Crippen LogP contribution in [0.3, 0.4) is 0 Å². The molecule has 1 unspecified atom stereocenters. The molecule has 1 aliphatic heterocycles. The molecule has 0 aromatic carbocycles. The van der Waals surface area contributed by atoms with Gasteiger partial charge in [0.05, 0.1) is 17.6 Å². The number of pyridine rings is 1. The molecule has 0 radical (unpaired) electrons. The zero-order valence-electron chi connectivity index (χ0n) is 14.0. The summed E-state index contributed by atoms with van der Waals surface area (Å²) in [5.41, 5.74) is 4.35. The van der Waals surface area contributed by atoms with Crippen molar-refractivity contribution in [3.63, 3.8) is 0 Å². The van der Waals surface area contributed by atoms with Gasteiger partial charge in [-0.05, 0) is 32.1 Å². The average molecular weight is 337 g/mol. The van der Waals surface area contributed by atoms with Crippen LogP contribution in [-0.4, -0.2) is 27.0 Å². The van der Waals surface area contributed by atoms with Gasteiger partial charge in [-0.3, -0.25) is 4.98 Å². The van der Waals surface area contributed by atoms with Crippen molar-refractivity contribution in [1.29, 1.82) is 0 Å². The highest BCUT2D eigenvalue weighted by atomic mass is 16.3. The van der Waals surface area contributed by atoms with Crippen LogP contribution in [0, 0.1) is 0 Å². The lowest BCUT2D eigenvalue weighted by Gasteiger charge is -2.21. The van der Waals surface area contributed by atoms with Crippen molar-refractivity contribution in [3.8, 4) is 11.4 Å². The highest BCUT2D eigenvalue weighted by Gasteiger charge is 2.16. The molecule has 25 heavy (non-hydrogen) atoms. The van der Waals surface area contributed by atoms with E-state index in [1.165, 1.54) is 12.7 Å². The highest BCUT2D eigenvalue weighted by Crippen LogP contribution is 2.20. The third kappa shape index (κ3) is 3.84. The second kappa shape index (κ2) is 7.14. The van der Waals surface area contributed by atoms with E-state index in [1.807, 2.05) is 19.9 Å². The molecule has 0 aliphatic carbocycles. The molecule has 3 rings (SSSR count). The number of aliphatic imine (C=N–C) groups is 1. The molecule has 128 valence electrons. The SMILES string of the molecule is C=C/C(=C1/N=C(C)C=C(C)N1)C(O)Nc1ccc(-c2cocn2)nc1. The number of oxazole rings is 1. The summed E-state index contributed by atoms with van der Waals surface area (Å²) in [6, 6.07) is 3.60. The molecule has 0 saturated heterocycles. The Morgan fingerprint density at radius 1 is 1.32 bits per heavy atom. The van der Waals surface area contributed by atoms with E-state index in [4.69, 9.17) is 4.42 Å². The van der Waals surface area contributed by atoms with Crippen LogP contribution in [0.4, 0.5) is 5.69 Å². The predicted octanol–water partition coefficient (Wildman–Crippen LogP) is 2.83. The van der Waals surface area contributed by atoms with Crippen molar-refractivity contribution < 1.29 is 9.52 Å². The van der Waals surface area contributed by atoms with Crippen LogP contribution in [0.2, 0.25) is 0 Å². The molecule has 1 aliphatic rings. The van der Waals surface area contributed by atoms with E-state index >= 15 is 0 Å². The van der Waals surface area contributed by atoms with Crippen molar-refractivity contribution in [3.05, 3.63) is 66.8 Å². The molecule has 1 atom stereocenters. The molecule has 0 saturated carbocycles. The van der Waals surface area contributed by atoms with Crippen molar-refractivity contribution >= 4 is 11.4 Å². The fourth-order valence-corrected chi connectivity index (χ4v) is 2.45. The summed E-state index contributed by atoms with van der Waals surface area (Å²) in [6.07, 6.45) is 7.01. The van der Waals surface area contributed by atoms with Crippen molar-refractivity contribution in [1.82, 2.24) is 15.3 Å². The van der Waals surface area contributed by atoms with E-state index in [0.29, 0.717) is 28.5 Å². The van der Waals surface area contributed by atoms with Crippen LogP contribution in [0.1, 0.15) is 13.8 Å². The molecular formula is C18H19N5O2. The van der Waals surface area contributed by atoms with Gasteiger partial charge < -0.3 is 20.2 Å². The Labute approximate surface area is 145 Å². The van der Waals surface area contributed by atoms with E-state index in [9.17, 15) is 5.11 Å². The number of aliphatic hydroxyl groups is 1. The van der Waals surface area contributed by atoms with Gasteiger partial charge in [-0.25, -0.2) is 9.98 Å². The number of allylic oxidation sites excluding steroid dienone is 2. The molecule has 7 nitrogen and oxygen atoms in total. The first-order valence-corrected chi connectivity index (χ1v) is 7.73. The fraction of sp³-hybridized carbons (Fsp3) is 0.167. The summed E-state index contributed by atoms with van der Waals surface area (Å²) in [4.78, 5) is 12.8. The van der Waals surface area contributed by atoms with Crippen molar-refractivity contribution in [2.45, 2.75) is 20.1 Å². The standard InChI is InChI=1S/C18H19N5O2/c1-4-14(17-21-11(2)7-12(3)22-17)18(24)23-13-5-6-15(19-8-13)16-9-25-10-20-16/h4-10,18,21,23-24H,1H2,2-3H3/b17-14-. The predicted molar refractivity (Wildman–Crippen MR) is 96.6 cm³/mol. The molecule has 7 heteroatoms. The highest BCUT2D eigenvalue weighted by molar-refractivity contribution is 5.95. The molecule has 3 heterocycles. The number of nitrogens with one attached hydrogen (secondary N) is 2. The van der Waals surface area contributed by atoms with Gasteiger partial charge in [-0.2, -0.15) is 0 Å². The van der Waals surface area contributed by atoms with E-state index in [2.05, 4.69) is 32.2 Å². The monoisotopic (exact) mass is 337 g/mol. The summed E-state index contributed by atoms with van der Waals surface area (Å²) in [5.74, 6) is 0.569. The normalized spacial score (nSPS) is 17.1. The van der Waals surface area contributed by atoms with Crippen molar-refractivity contribution in [2.24, 2.45) is 4.99 Å². The van der Waals surface area contributed by atoms with Crippen molar-refractivity contribution in [2.75, 3.05) is 5.32 Å². The zero-order chi connectivity index (χ0) is 17.8. The first kappa shape index (κ1) is 16.7. The van der Waals surface area contributed by atoms with E-state index in [0.717, 1.165) is 11.4 Å². The van der Waals surface area contributed by atoms with E-state index in [-0.39, 0.29) is 0 Å². The topological polar surface area (TPSA) is 95.6 Å². The Balaban J connectivity index is 1.78. The Hall–Kier alpha value is -3.19. The molecule has 0 fully saturated rings. The van der Waals surface area contributed by atoms with Crippen LogP contribution in [0.15, 0.2) is 76.2 Å². The minimum atomic E-state index is -0.984. The molecule has 2 aromatic rings. The third-order valence-corrected chi connectivity index (χ3v) is 3.58. The number of aliphatic hydroxyl groups excluding tert-OH is 1. The van der Waals surface area contributed by atoms with Gasteiger partial charge in [0.15, 0.2) is 12.6 Å². The second-order valence-corrected chi connectivity index (χ2v) is 5.57. The lowest BCUT2D eigenvalue weighted by Crippen LogP contribution is -2.26. The summed E-state index contributed by atoms with van der Waals surface area (Å²) in [7, 11) is 0. The zero-order valence-corrected chi connectivity index (χ0v) is 14.0. The smallest absolute Gasteiger partial charge is 0.181 e. The van der Waals surface area contributed by atoms with Gasteiger partial charge in [0, 0.05) is 17.0 Å². The molecule has 0 spiro atoms. The Kier molecular flexibility index (Phi) is 4.76. The number of hydrogen-bond acceptors (Lipinski definition) is 7. The van der Waals surface area contributed by atoms with Gasteiger partial charge in [0.2, 0.25) is 0 Å². The number of anilines is 1. The Morgan fingerprint density at radius 3 is 2.76 bits per heavy atom. The summed E-state index contributed by atoms with van der Waals surface area (Å²) in [6.45, 7) is 7.61. The first-order valence-electron chi connectivity index (χ1n) is 7.73. The minimum Gasteiger partial charge on any atom is -0.451 e. The fourth-order valence-electron chi connectivity index (χ4n) is 2.45. The summed E-state index contributed by atoms with van der Waals surface area (Å²) in [5, 5.41) is 16.6. The minimum absolute atomic E-state index is 0.548. The van der Waals surface area contributed by atoms with Gasteiger partial charge in [-0.15, -0.1) is 0 Å². The van der Waals surface area contributed by atoms with Crippen LogP contribution in [0.25, 0.3) is 11.4 Å². The van der Waals surface area contributed by atoms with E-state index in [1.54, 1.807) is 24.4 Å². The van der Waals surface area contributed by atoms with Gasteiger partial charge in [-0.1, -0.05) is 12.7 Å². The molecule has 0 bridgehead atoms. The van der Waals surface area contributed by atoms with Gasteiger partial charge in [0.1, 0.15) is 17.8 Å². The number of rotatable bonds is 5. The number of aromatic nitrogens is 2. The lowest BCUT2D eigenvalue weighted by molar-refractivity contribution is 0.242. The average Bonchev–Trinajstić information content (AvgIpc) is 3.10. The molecule has 3 N–H and O–H groups in total. The maximum absolute atomic E-state index is 10.5. The van der Waals surface area contributed by atoms with Crippen LogP contribution in [-0.2, 0) is 0 Å². The second-order valence-electron chi connectivity index (χ2n) is 5.57. The summed E-state index contributed by atoms with van der Waals surface area (Å²) < 4.78 is 4.95. The maximum Gasteiger partial charge on any atom is 0.181 e. The van der Waals surface area contributed by atoms with E-state index < -0.39 is 6.23 Å². The quantitative estimate of drug-likeness (QED) is 0.726. The number of nitrogens with zero attached hydrogens (tertiary/aromatic N) is 3. The van der Waals surface area contributed by atoms with Crippen LogP contribution >= 0.6 is 0 Å². The molecule has 2 aromatic heterocycles. The van der Waals surface area contributed by atoms with Gasteiger partial charge >= 0.3 is 0 Å². The van der Waals surface area contributed by atoms with Crippen LogP contribution in [0.5, 0.6) is 0 Å². The Morgan fingerprint density at radius 2 is 2.16 bits per heavy atom. The number of hydrogen-bond donors (Lipinski definition) is 3. The summed E-state index contributed by atoms with van der Waals surface area (Å²) >= 11 is 0. The first-order chi connectivity index (χ1) is 12.1. The molecular weight excluding hydrogens is 318 g/mol. The largest absolute Gasteiger partial charge is 0.451 e. The Bertz CT molecular complexity index is 848. The van der Waals surface area contributed by atoms with Gasteiger partial charge in [0.25, 0.3) is 0 Å². The lowest BCUT2D eigenvalue weighted by atomic mass is 10.2.